The fourth-order valence-electron chi connectivity index (χ4n) is 2.36. The number of aromatic nitrogens is 2. The van der Waals surface area contributed by atoms with Gasteiger partial charge in [0.05, 0.1) is 0 Å². The zero-order valence-corrected chi connectivity index (χ0v) is 12.7. The molecule has 0 radical (unpaired) electrons. The molecule has 5 heteroatoms. The summed E-state index contributed by atoms with van der Waals surface area (Å²) >= 11 is 2.06. The third kappa shape index (κ3) is 4.00. The van der Waals surface area contributed by atoms with E-state index in [0.29, 0.717) is 0 Å². The van der Waals surface area contributed by atoms with E-state index < -0.39 is 0 Å². The zero-order valence-electron chi connectivity index (χ0n) is 11.9. The molecule has 1 aromatic heterocycles. The highest BCUT2D eigenvalue weighted by molar-refractivity contribution is 7.99. The molecular formula is C14H24N4S. The molecule has 0 amide bonds. The van der Waals surface area contributed by atoms with Gasteiger partial charge in [-0.3, -0.25) is 0 Å². The van der Waals surface area contributed by atoms with Crippen molar-refractivity contribution < 1.29 is 0 Å². The van der Waals surface area contributed by atoms with Gasteiger partial charge in [-0.1, -0.05) is 13.3 Å². The van der Waals surface area contributed by atoms with Gasteiger partial charge in [-0.05, 0) is 37.2 Å². The maximum absolute atomic E-state index is 4.43. The van der Waals surface area contributed by atoms with E-state index in [1.54, 1.807) is 6.33 Å². The molecule has 0 aromatic carbocycles. The summed E-state index contributed by atoms with van der Waals surface area (Å²) in [5, 5.41) is 6.87. The Morgan fingerprint density at radius 1 is 1.26 bits per heavy atom. The van der Waals surface area contributed by atoms with Crippen molar-refractivity contribution >= 4 is 23.4 Å². The lowest BCUT2D eigenvalue weighted by Crippen LogP contribution is -2.16. The zero-order chi connectivity index (χ0) is 13.5. The van der Waals surface area contributed by atoms with Gasteiger partial charge in [0.25, 0.3) is 0 Å². The van der Waals surface area contributed by atoms with Gasteiger partial charge < -0.3 is 10.6 Å². The van der Waals surface area contributed by atoms with Crippen LogP contribution in [0.3, 0.4) is 0 Å². The molecule has 1 saturated heterocycles. The summed E-state index contributed by atoms with van der Waals surface area (Å²) < 4.78 is 0. The smallest absolute Gasteiger partial charge is 0.134 e. The summed E-state index contributed by atoms with van der Waals surface area (Å²) in [4.78, 5) is 8.79. The number of hydrogen-bond donors (Lipinski definition) is 2. The molecule has 1 atom stereocenters. The van der Waals surface area contributed by atoms with Crippen LogP contribution in [0.4, 0.5) is 11.6 Å². The van der Waals surface area contributed by atoms with E-state index in [-0.39, 0.29) is 0 Å². The topological polar surface area (TPSA) is 49.8 Å². The molecule has 0 spiro atoms. The van der Waals surface area contributed by atoms with Gasteiger partial charge >= 0.3 is 0 Å². The molecule has 0 saturated carbocycles. The fourth-order valence-corrected chi connectivity index (χ4v) is 3.64. The van der Waals surface area contributed by atoms with Crippen molar-refractivity contribution in [2.75, 3.05) is 35.2 Å². The molecule has 1 unspecified atom stereocenters. The fraction of sp³-hybridized carbons (Fsp3) is 0.714. The van der Waals surface area contributed by atoms with Gasteiger partial charge in [0.2, 0.25) is 0 Å². The highest BCUT2D eigenvalue weighted by Crippen LogP contribution is 2.25. The molecule has 106 valence electrons. The SMILES string of the molecule is CCCc1c(NCC)ncnc1NCC1CCSC1. The van der Waals surface area contributed by atoms with Crippen LogP contribution in [0.1, 0.15) is 32.3 Å². The first-order chi connectivity index (χ1) is 9.35. The molecule has 2 N–H and O–H groups in total. The summed E-state index contributed by atoms with van der Waals surface area (Å²) in [6.07, 6.45) is 5.11. The van der Waals surface area contributed by atoms with E-state index in [1.807, 2.05) is 0 Å². The van der Waals surface area contributed by atoms with Crippen LogP contribution < -0.4 is 10.6 Å². The van der Waals surface area contributed by atoms with Crippen LogP contribution in [-0.2, 0) is 6.42 Å². The predicted octanol–water partition coefficient (Wildman–Crippen LogP) is 3.03. The van der Waals surface area contributed by atoms with Crippen molar-refractivity contribution in [3.63, 3.8) is 0 Å². The minimum absolute atomic E-state index is 0.789. The molecule has 0 bridgehead atoms. The average molecular weight is 280 g/mol. The lowest BCUT2D eigenvalue weighted by molar-refractivity contribution is 0.629. The van der Waals surface area contributed by atoms with E-state index in [9.17, 15) is 0 Å². The van der Waals surface area contributed by atoms with E-state index >= 15 is 0 Å². The van der Waals surface area contributed by atoms with Crippen molar-refractivity contribution in [3.05, 3.63) is 11.9 Å². The Kier molecular flexibility index (Phi) is 5.76. The van der Waals surface area contributed by atoms with Gasteiger partial charge in [-0.2, -0.15) is 11.8 Å². The van der Waals surface area contributed by atoms with Crippen LogP contribution in [0, 0.1) is 5.92 Å². The molecule has 1 aromatic rings. The van der Waals surface area contributed by atoms with Gasteiger partial charge in [0.15, 0.2) is 0 Å². The third-order valence-electron chi connectivity index (χ3n) is 3.37. The number of rotatable bonds is 7. The van der Waals surface area contributed by atoms with E-state index in [4.69, 9.17) is 0 Å². The van der Waals surface area contributed by atoms with Crippen LogP contribution in [0.15, 0.2) is 6.33 Å². The average Bonchev–Trinajstić information content (AvgIpc) is 2.93. The Bertz CT molecular complexity index is 391. The third-order valence-corrected chi connectivity index (χ3v) is 4.60. The Balaban J connectivity index is 2.06. The Morgan fingerprint density at radius 3 is 2.68 bits per heavy atom. The summed E-state index contributed by atoms with van der Waals surface area (Å²) in [5.41, 5.74) is 1.23. The monoisotopic (exact) mass is 280 g/mol. The number of nitrogens with one attached hydrogen (secondary N) is 2. The summed E-state index contributed by atoms with van der Waals surface area (Å²) in [5.74, 6) is 5.38. The van der Waals surface area contributed by atoms with Crippen molar-refractivity contribution in [2.45, 2.75) is 33.1 Å². The Hall–Kier alpha value is -0.970. The highest BCUT2D eigenvalue weighted by atomic mass is 32.2. The minimum atomic E-state index is 0.789. The quantitative estimate of drug-likeness (QED) is 0.804. The summed E-state index contributed by atoms with van der Waals surface area (Å²) in [6, 6.07) is 0. The highest BCUT2D eigenvalue weighted by Gasteiger charge is 2.16. The van der Waals surface area contributed by atoms with Crippen LogP contribution >= 0.6 is 11.8 Å². The van der Waals surface area contributed by atoms with E-state index in [1.165, 1.54) is 23.5 Å². The summed E-state index contributed by atoms with van der Waals surface area (Å²) in [7, 11) is 0. The Morgan fingerprint density at radius 2 is 2.05 bits per heavy atom. The van der Waals surface area contributed by atoms with Crippen molar-refractivity contribution in [3.8, 4) is 0 Å². The molecule has 19 heavy (non-hydrogen) atoms. The lowest BCUT2D eigenvalue weighted by atomic mass is 10.1. The van der Waals surface area contributed by atoms with E-state index in [0.717, 1.165) is 43.5 Å². The molecule has 4 nitrogen and oxygen atoms in total. The van der Waals surface area contributed by atoms with Gasteiger partial charge in [-0.25, -0.2) is 9.97 Å². The Labute approximate surface area is 120 Å². The molecule has 0 aliphatic carbocycles. The minimum Gasteiger partial charge on any atom is -0.370 e. The normalized spacial score (nSPS) is 18.5. The first-order valence-electron chi connectivity index (χ1n) is 7.24. The molecule has 1 fully saturated rings. The maximum atomic E-state index is 4.43. The van der Waals surface area contributed by atoms with Gasteiger partial charge in [0, 0.05) is 18.7 Å². The summed E-state index contributed by atoms with van der Waals surface area (Å²) in [6.45, 7) is 6.22. The standard InChI is InChI=1S/C14H24N4S/c1-3-5-12-13(15-4-2)17-10-18-14(12)16-8-11-6-7-19-9-11/h10-11H,3-9H2,1-2H3,(H2,15,16,17,18). The molecule has 2 rings (SSSR count). The van der Waals surface area contributed by atoms with Crippen molar-refractivity contribution in [2.24, 2.45) is 5.92 Å². The number of anilines is 2. The van der Waals surface area contributed by atoms with E-state index in [2.05, 4.69) is 46.2 Å². The first kappa shape index (κ1) is 14.4. The van der Waals surface area contributed by atoms with Gasteiger partial charge in [-0.15, -0.1) is 0 Å². The molecule has 1 aliphatic heterocycles. The molecule has 2 heterocycles. The number of hydrogen-bond acceptors (Lipinski definition) is 5. The second kappa shape index (κ2) is 7.58. The van der Waals surface area contributed by atoms with Gasteiger partial charge in [0.1, 0.15) is 18.0 Å². The second-order valence-corrected chi connectivity index (χ2v) is 6.09. The lowest BCUT2D eigenvalue weighted by Gasteiger charge is -2.16. The number of nitrogens with zero attached hydrogens (tertiary/aromatic N) is 2. The van der Waals surface area contributed by atoms with Crippen molar-refractivity contribution in [1.82, 2.24) is 9.97 Å². The predicted molar refractivity (Wildman–Crippen MR) is 84.1 cm³/mol. The molecule has 1 aliphatic rings. The number of thioether (sulfide) groups is 1. The largest absolute Gasteiger partial charge is 0.370 e. The maximum Gasteiger partial charge on any atom is 0.134 e. The first-order valence-corrected chi connectivity index (χ1v) is 8.40. The van der Waals surface area contributed by atoms with Crippen molar-refractivity contribution in [1.29, 1.82) is 0 Å². The van der Waals surface area contributed by atoms with Crippen LogP contribution in [-0.4, -0.2) is 34.6 Å². The van der Waals surface area contributed by atoms with Crippen LogP contribution in [0.25, 0.3) is 0 Å². The molecular weight excluding hydrogens is 256 g/mol. The van der Waals surface area contributed by atoms with Crippen LogP contribution in [0.5, 0.6) is 0 Å². The van der Waals surface area contributed by atoms with Crippen LogP contribution in [0.2, 0.25) is 0 Å². The second-order valence-electron chi connectivity index (χ2n) is 4.94.